The fraction of sp³-hybridized carbons (Fsp3) is 1.00. The molecular formula is C10H26NO6S2+. The van der Waals surface area contributed by atoms with Gasteiger partial charge >= 0.3 is 0 Å². The molecule has 0 atom stereocenters. The van der Waals surface area contributed by atoms with E-state index in [1.807, 2.05) is 0 Å². The number of hydrogen-bond donors (Lipinski definition) is 2. The Hall–Kier alpha value is -0.220. The lowest BCUT2D eigenvalue weighted by atomic mass is 10.3. The Labute approximate surface area is 116 Å². The van der Waals surface area contributed by atoms with Gasteiger partial charge in [0.25, 0.3) is 20.2 Å². The highest BCUT2D eigenvalue weighted by Gasteiger charge is 2.20. The van der Waals surface area contributed by atoms with E-state index >= 15 is 0 Å². The third kappa shape index (κ3) is 15.7. The monoisotopic (exact) mass is 320 g/mol. The van der Waals surface area contributed by atoms with E-state index in [0.717, 1.165) is 30.7 Å². The second-order valence-electron chi connectivity index (χ2n) is 4.39. The number of rotatable bonds is 7. The summed E-state index contributed by atoms with van der Waals surface area (Å²) in [6.45, 7) is 10.2. The van der Waals surface area contributed by atoms with Gasteiger partial charge in [0.15, 0.2) is 0 Å². The van der Waals surface area contributed by atoms with Crippen LogP contribution in [0.15, 0.2) is 0 Å². The maximum atomic E-state index is 10.5. The van der Waals surface area contributed by atoms with E-state index in [0.29, 0.717) is 12.7 Å². The molecule has 7 nitrogen and oxygen atoms in total. The standard InChI is InChI=1S/C9H21NO3S.CH4O3S/c1-4-10(5-2,6-3)8-7-9-14(11,12)13;1-5(2,3)4/h4-9H2,1-3H3;1H3,(H,2,3,4)/p+1. The fourth-order valence-corrected chi connectivity index (χ4v) is 2.22. The SMILES string of the molecule is CC[N+](CC)(CC)CCCS(=O)(=O)O.CS(=O)(=O)O. The molecule has 0 aromatic heterocycles. The third-order valence-electron chi connectivity index (χ3n) is 3.05. The van der Waals surface area contributed by atoms with Crippen LogP contribution in [-0.4, -0.2) is 68.6 Å². The molecule has 0 aliphatic carbocycles. The predicted molar refractivity (Wildman–Crippen MR) is 75.3 cm³/mol. The molecule has 0 heterocycles. The molecule has 0 saturated carbocycles. The minimum absolute atomic E-state index is 0.118. The largest absolute Gasteiger partial charge is 0.324 e. The summed E-state index contributed by atoms with van der Waals surface area (Å²) >= 11 is 0. The minimum atomic E-state index is -3.78. The van der Waals surface area contributed by atoms with Crippen LogP contribution in [0, 0.1) is 0 Å². The number of quaternary nitrogens is 1. The van der Waals surface area contributed by atoms with Crippen LogP contribution in [0.5, 0.6) is 0 Å². The van der Waals surface area contributed by atoms with Crippen LogP contribution in [0.2, 0.25) is 0 Å². The summed E-state index contributed by atoms with van der Waals surface area (Å²) in [5.74, 6) is -0.118. The van der Waals surface area contributed by atoms with Crippen molar-refractivity contribution in [2.24, 2.45) is 0 Å². The van der Waals surface area contributed by atoms with Gasteiger partial charge in [0.05, 0.1) is 38.2 Å². The molecule has 0 bridgehead atoms. The average Bonchev–Trinajstić information content (AvgIpc) is 2.21. The quantitative estimate of drug-likeness (QED) is 0.526. The van der Waals surface area contributed by atoms with Crippen molar-refractivity contribution in [2.75, 3.05) is 38.2 Å². The van der Waals surface area contributed by atoms with Crippen LogP contribution in [0.4, 0.5) is 0 Å². The van der Waals surface area contributed by atoms with E-state index < -0.39 is 20.2 Å². The maximum Gasteiger partial charge on any atom is 0.265 e. The van der Waals surface area contributed by atoms with Crippen LogP contribution in [0.1, 0.15) is 27.2 Å². The van der Waals surface area contributed by atoms with Crippen molar-refractivity contribution in [1.82, 2.24) is 0 Å². The lowest BCUT2D eigenvalue weighted by molar-refractivity contribution is -0.923. The van der Waals surface area contributed by atoms with Crippen molar-refractivity contribution >= 4 is 20.2 Å². The Morgan fingerprint density at radius 3 is 1.42 bits per heavy atom. The van der Waals surface area contributed by atoms with Crippen LogP contribution in [0.3, 0.4) is 0 Å². The maximum absolute atomic E-state index is 10.5. The summed E-state index contributed by atoms with van der Waals surface area (Å²) in [6.07, 6.45) is 1.25. The first kappa shape index (κ1) is 21.1. The van der Waals surface area contributed by atoms with Gasteiger partial charge in [-0.2, -0.15) is 16.8 Å². The zero-order valence-electron chi connectivity index (χ0n) is 12.0. The molecule has 0 radical (unpaired) electrons. The van der Waals surface area contributed by atoms with Crippen LogP contribution < -0.4 is 0 Å². The van der Waals surface area contributed by atoms with Gasteiger partial charge in [-0.05, 0) is 20.8 Å². The molecule has 9 heteroatoms. The highest BCUT2D eigenvalue weighted by atomic mass is 32.2. The number of nitrogens with zero attached hydrogens (tertiary/aromatic N) is 1. The van der Waals surface area contributed by atoms with E-state index in [-0.39, 0.29) is 5.75 Å². The molecule has 2 N–H and O–H groups in total. The van der Waals surface area contributed by atoms with Crippen LogP contribution >= 0.6 is 0 Å². The summed E-state index contributed by atoms with van der Waals surface area (Å²) in [6, 6.07) is 0. The Kier molecular flexibility index (Phi) is 9.82. The molecule has 19 heavy (non-hydrogen) atoms. The first-order valence-corrected chi connectivity index (χ1v) is 9.57. The molecule has 0 aromatic carbocycles. The topological polar surface area (TPSA) is 109 Å². The smallest absolute Gasteiger partial charge is 0.265 e. The predicted octanol–water partition coefficient (Wildman–Crippen LogP) is 0.645. The lowest BCUT2D eigenvalue weighted by Gasteiger charge is -2.35. The van der Waals surface area contributed by atoms with E-state index in [1.54, 1.807) is 0 Å². The second-order valence-corrected chi connectivity index (χ2v) is 7.42. The van der Waals surface area contributed by atoms with Gasteiger partial charge in [0, 0.05) is 6.42 Å². The van der Waals surface area contributed by atoms with Crippen molar-refractivity contribution in [3.05, 3.63) is 0 Å². The van der Waals surface area contributed by atoms with Gasteiger partial charge in [-0.15, -0.1) is 0 Å². The summed E-state index contributed by atoms with van der Waals surface area (Å²) in [5, 5.41) is 0. The highest BCUT2D eigenvalue weighted by molar-refractivity contribution is 7.85. The van der Waals surface area contributed by atoms with Crippen molar-refractivity contribution in [2.45, 2.75) is 27.2 Å². The summed E-state index contributed by atoms with van der Waals surface area (Å²) < 4.78 is 56.5. The Morgan fingerprint density at radius 1 is 0.895 bits per heavy atom. The summed E-state index contributed by atoms with van der Waals surface area (Å²) in [7, 11) is -7.45. The highest BCUT2D eigenvalue weighted by Crippen LogP contribution is 2.07. The Morgan fingerprint density at radius 2 is 1.21 bits per heavy atom. The van der Waals surface area contributed by atoms with Crippen LogP contribution in [-0.2, 0) is 20.2 Å². The fourth-order valence-electron chi connectivity index (χ4n) is 1.73. The molecule has 0 saturated heterocycles. The molecule has 0 spiro atoms. The van der Waals surface area contributed by atoms with Crippen molar-refractivity contribution in [3.63, 3.8) is 0 Å². The molecule has 118 valence electrons. The van der Waals surface area contributed by atoms with Gasteiger partial charge in [-0.3, -0.25) is 9.11 Å². The Bertz CT molecular complexity index is 409. The Balaban J connectivity index is 0. The summed E-state index contributed by atoms with van der Waals surface area (Å²) in [5.41, 5.74) is 0. The van der Waals surface area contributed by atoms with Crippen molar-refractivity contribution < 1.29 is 30.4 Å². The normalized spacial score (nSPS) is 12.7. The molecule has 0 amide bonds. The van der Waals surface area contributed by atoms with Gasteiger partial charge in [0.1, 0.15) is 0 Å². The van der Waals surface area contributed by atoms with Gasteiger partial charge in [-0.25, -0.2) is 0 Å². The van der Waals surface area contributed by atoms with E-state index in [1.165, 1.54) is 0 Å². The van der Waals surface area contributed by atoms with Gasteiger partial charge < -0.3 is 4.48 Å². The molecule has 0 aliphatic heterocycles. The zero-order valence-corrected chi connectivity index (χ0v) is 13.7. The molecule has 0 aliphatic rings. The van der Waals surface area contributed by atoms with E-state index in [2.05, 4.69) is 20.8 Å². The number of hydrogen-bond acceptors (Lipinski definition) is 4. The van der Waals surface area contributed by atoms with Crippen molar-refractivity contribution in [3.8, 4) is 0 Å². The van der Waals surface area contributed by atoms with Gasteiger partial charge in [0.2, 0.25) is 0 Å². The molecule has 0 aromatic rings. The first-order valence-electron chi connectivity index (χ1n) is 6.11. The van der Waals surface area contributed by atoms with Gasteiger partial charge in [-0.1, -0.05) is 0 Å². The lowest BCUT2D eigenvalue weighted by Crippen LogP contribution is -2.48. The van der Waals surface area contributed by atoms with Crippen LogP contribution in [0.25, 0.3) is 0 Å². The molecule has 0 rings (SSSR count). The third-order valence-corrected chi connectivity index (χ3v) is 3.85. The van der Waals surface area contributed by atoms with E-state index in [4.69, 9.17) is 9.11 Å². The second kappa shape index (κ2) is 8.85. The van der Waals surface area contributed by atoms with E-state index in [9.17, 15) is 16.8 Å². The average molecular weight is 320 g/mol. The molecular weight excluding hydrogens is 294 g/mol. The van der Waals surface area contributed by atoms with Crippen molar-refractivity contribution in [1.29, 1.82) is 0 Å². The molecule has 0 fully saturated rings. The first-order chi connectivity index (χ1) is 8.39. The zero-order chi connectivity index (χ0) is 15.7. The summed E-state index contributed by atoms with van der Waals surface area (Å²) in [4.78, 5) is 0. The minimum Gasteiger partial charge on any atom is -0.324 e. The molecule has 0 unspecified atom stereocenters.